The molecule has 0 bridgehead atoms. The highest BCUT2D eigenvalue weighted by Crippen LogP contribution is 2.35. The molecule has 0 aliphatic heterocycles. The molecule has 74 valence electrons. The summed E-state index contributed by atoms with van der Waals surface area (Å²) in [5, 5.41) is 9.12. The Kier molecular flexibility index (Phi) is 3.74. The van der Waals surface area contributed by atoms with Crippen LogP contribution in [0, 0.1) is 16.7 Å². The second kappa shape index (κ2) is 4.62. The van der Waals surface area contributed by atoms with Gasteiger partial charge in [0.2, 0.25) is 0 Å². The number of rotatable bonds is 3. The largest absolute Gasteiger partial charge is 0.377 e. The Hall–Kier alpha value is -0.550. The van der Waals surface area contributed by atoms with Crippen LogP contribution in [0.3, 0.4) is 0 Å². The normalized spacial score (nSPS) is 21.4. The summed E-state index contributed by atoms with van der Waals surface area (Å²) in [6, 6.07) is 2.45. The van der Waals surface area contributed by atoms with Gasteiger partial charge in [0.05, 0.1) is 24.2 Å². The summed E-state index contributed by atoms with van der Waals surface area (Å²) in [6.45, 7) is 4.67. The molecule has 13 heavy (non-hydrogen) atoms. The summed E-state index contributed by atoms with van der Waals surface area (Å²) in [4.78, 5) is 0. The minimum Gasteiger partial charge on any atom is -0.377 e. The van der Waals surface area contributed by atoms with Crippen molar-refractivity contribution >= 4 is 0 Å². The fraction of sp³-hybridized carbons (Fsp3) is 0.909. The zero-order valence-corrected chi connectivity index (χ0v) is 8.68. The Bertz CT molecular complexity index is 187. The Morgan fingerprint density at radius 1 is 1.31 bits per heavy atom. The van der Waals surface area contributed by atoms with E-state index >= 15 is 0 Å². The molecule has 2 nitrogen and oxygen atoms in total. The van der Waals surface area contributed by atoms with E-state index in [1.54, 1.807) is 0 Å². The van der Waals surface area contributed by atoms with Crippen molar-refractivity contribution in [3.8, 4) is 6.07 Å². The molecule has 0 aromatic heterocycles. The average molecular weight is 181 g/mol. The van der Waals surface area contributed by atoms with Gasteiger partial charge in [-0.3, -0.25) is 0 Å². The van der Waals surface area contributed by atoms with Crippen LogP contribution in [0.5, 0.6) is 0 Å². The first kappa shape index (κ1) is 10.5. The van der Waals surface area contributed by atoms with Crippen molar-refractivity contribution in [2.75, 3.05) is 6.61 Å². The molecule has 1 rings (SSSR count). The van der Waals surface area contributed by atoms with Crippen LogP contribution in [-0.2, 0) is 4.74 Å². The van der Waals surface area contributed by atoms with Crippen LogP contribution in [0.2, 0.25) is 0 Å². The minimum atomic E-state index is -0.164. The lowest BCUT2D eigenvalue weighted by molar-refractivity contribution is 0.0150. The molecule has 0 aromatic carbocycles. The Morgan fingerprint density at radius 3 is 2.38 bits per heavy atom. The Morgan fingerprint density at radius 2 is 1.92 bits per heavy atom. The highest BCUT2D eigenvalue weighted by atomic mass is 16.5. The van der Waals surface area contributed by atoms with E-state index in [-0.39, 0.29) is 11.5 Å². The molecule has 0 unspecified atom stereocenters. The third-order valence-electron chi connectivity index (χ3n) is 2.74. The molecule has 1 saturated carbocycles. The van der Waals surface area contributed by atoms with Gasteiger partial charge in [0.25, 0.3) is 0 Å². The number of nitrogens with zero attached hydrogens (tertiary/aromatic N) is 1. The third kappa shape index (κ3) is 3.00. The van der Waals surface area contributed by atoms with Gasteiger partial charge in [0.15, 0.2) is 0 Å². The van der Waals surface area contributed by atoms with Crippen molar-refractivity contribution in [2.24, 2.45) is 5.41 Å². The molecule has 0 aromatic rings. The van der Waals surface area contributed by atoms with Gasteiger partial charge in [-0.2, -0.15) is 5.26 Å². The van der Waals surface area contributed by atoms with Crippen LogP contribution in [-0.4, -0.2) is 12.7 Å². The average Bonchev–Trinajstić information content (AvgIpc) is 2.16. The zero-order valence-electron chi connectivity index (χ0n) is 8.68. The second-order valence-corrected chi connectivity index (χ2v) is 4.31. The number of nitriles is 1. The van der Waals surface area contributed by atoms with Crippen molar-refractivity contribution in [1.82, 2.24) is 0 Å². The van der Waals surface area contributed by atoms with E-state index in [2.05, 4.69) is 6.07 Å². The number of hydrogen-bond donors (Lipinski definition) is 0. The van der Waals surface area contributed by atoms with Crippen LogP contribution >= 0.6 is 0 Å². The molecular weight excluding hydrogens is 162 g/mol. The smallest absolute Gasteiger partial charge is 0.0807 e. The van der Waals surface area contributed by atoms with Gasteiger partial charge in [-0.15, -0.1) is 0 Å². The van der Waals surface area contributed by atoms with E-state index in [9.17, 15) is 0 Å². The monoisotopic (exact) mass is 181 g/mol. The van der Waals surface area contributed by atoms with Crippen molar-refractivity contribution in [3.05, 3.63) is 0 Å². The summed E-state index contributed by atoms with van der Waals surface area (Å²) >= 11 is 0. The standard InChI is InChI=1S/C11H19NO/c1-10(2)13-9-11(8-12)6-4-3-5-7-11/h10H,3-7,9H2,1-2H3. The van der Waals surface area contributed by atoms with E-state index in [1.807, 2.05) is 13.8 Å². The summed E-state index contributed by atoms with van der Waals surface area (Å²) in [5.74, 6) is 0. The van der Waals surface area contributed by atoms with Crippen LogP contribution in [0.15, 0.2) is 0 Å². The van der Waals surface area contributed by atoms with E-state index in [0.29, 0.717) is 6.61 Å². The van der Waals surface area contributed by atoms with Crippen molar-refractivity contribution in [3.63, 3.8) is 0 Å². The molecular formula is C11H19NO. The topological polar surface area (TPSA) is 33.0 Å². The van der Waals surface area contributed by atoms with Crippen LogP contribution in [0.1, 0.15) is 46.0 Å². The molecule has 1 fully saturated rings. The van der Waals surface area contributed by atoms with E-state index in [1.165, 1.54) is 19.3 Å². The van der Waals surface area contributed by atoms with Gasteiger partial charge in [-0.1, -0.05) is 19.3 Å². The maximum absolute atomic E-state index is 9.12. The third-order valence-corrected chi connectivity index (χ3v) is 2.74. The molecule has 0 saturated heterocycles. The highest BCUT2D eigenvalue weighted by Gasteiger charge is 2.32. The molecule has 0 radical (unpaired) electrons. The van der Waals surface area contributed by atoms with Crippen LogP contribution < -0.4 is 0 Å². The van der Waals surface area contributed by atoms with E-state index in [0.717, 1.165) is 12.8 Å². The van der Waals surface area contributed by atoms with Gasteiger partial charge in [-0.05, 0) is 26.7 Å². The summed E-state index contributed by atoms with van der Waals surface area (Å²) in [7, 11) is 0. The van der Waals surface area contributed by atoms with E-state index in [4.69, 9.17) is 10.00 Å². The number of hydrogen-bond acceptors (Lipinski definition) is 2. The van der Waals surface area contributed by atoms with Crippen molar-refractivity contribution in [2.45, 2.75) is 52.1 Å². The van der Waals surface area contributed by atoms with Gasteiger partial charge >= 0.3 is 0 Å². The fourth-order valence-corrected chi connectivity index (χ4v) is 1.84. The molecule has 2 heteroatoms. The van der Waals surface area contributed by atoms with Gasteiger partial charge in [0.1, 0.15) is 0 Å². The summed E-state index contributed by atoms with van der Waals surface area (Å²) in [6.07, 6.45) is 5.95. The molecule has 1 aliphatic carbocycles. The molecule has 0 atom stereocenters. The molecule has 0 heterocycles. The van der Waals surface area contributed by atoms with Crippen molar-refractivity contribution < 1.29 is 4.74 Å². The lowest BCUT2D eigenvalue weighted by Gasteiger charge is -2.30. The quantitative estimate of drug-likeness (QED) is 0.670. The lowest BCUT2D eigenvalue weighted by atomic mass is 9.76. The highest BCUT2D eigenvalue weighted by molar-refractivity contribution is 5.00. The van der Waals surface area contributed by atoms with Crippen LogP contribution in [0.4, 0.5) is 0 Å². The molecule has 0 spiro atoms. The zero-order chi connectivity index (χ0) is 9.73. The molecule has 1 aliphatic rings. The minimum absolute atomic E-state index is 0.164. The molecule has 0 N–H and O–H groups in total. The van der Waals surface area contributed by atoms with Crippen LogP contribution in [0.25, 0.3) is 0 Å². The maximum Gasteiger partial charge on any atom is 0.0807 e. The maximum atomic E-state index is 9.12. The van der Waals surface area contributed by atoms with Gasteiger partial charge in [0, 0.05) is 0 Å². The first-order valence-corrected chi connectivity index (χ1v) is 5.21. The second-order valence-electron chi connectivity index (χ2n) is 4.31. The Balaban J connectivity index is 2.44. The lowest BCUT2D eigenvalue weighted by Crippen LogP contribution is -2.29. The summed E-state index contributed by atoms with van der Waals surface area (Å²) in [5.41, 5.74) is -0.164. The SMILES string of the molecule is CC(C)OCC1(C#N)CCCCC1. The van der Waals surface area contributed by atoms with Gasteiger partial charge < -0.3 is 4.74 Å². The first-order valence-electron chi connectivity index (χ1n) is 5.21. The summed E-state index contributed by atoms with van der Waals surface area (Å²) < 4.78 is 5.55. The first-order chi connectivity index (χ1) is 6.18. The van der Waals surface area contributed by atoms with Gasteiger partial charge in [-0.25, -0.2) is 0 Å². The predicted molar refractivity (Wildman–Crippen MR) is 52.2 cm³/mol. The predicted octanol–water partition coefficient (Wildman–Crippen LogP) is 2.89. The molecule has 0 amide bonds. The fourth-order valence-electron chi connectivity index (χ4n) is 1.84. The Labute approximate surface area is 80.9 Å². The number of ether oxygens (including phenoxy) is 1. The van der Waals surface area contributed by atoms with E-state index < -0.39 is 0 Å². The van der Waals surface area contributed by atoms with Crippen molar-refractivity contribution in [1.29, 1.82) is 5.26 Å².